The van der Waals surface area contributed by atoms with Crippen LogP contribution in [0.2, 0.25) is 0 Å². The van der Waals surface area contributed by atoms with Crippen molar-refractivity contribution in [2.75, 3.05) is 62.5 Å². The molecule has 0 fully saturated rings. The van der Waals surface area contributed by atoms with Crippen LogP contribution in [-0.2, 0) is 48.2 Å². The summed E-state index contributed by atoms with van der Waals surface area (Å²) in [4.78, 5) is 35.9. The highest BCUT2D eigenvalue weighted by atomic mass is 16.5. The summed E-state index contributed by atoms with van der Waals surface area (Å²) in [5.41, 5.74) is 11.6. The molecule has 0 saturated carbocycles. The van der Waals surface area contributed by atoms with Crippen LogP contribution in [0.25, 0.3) is 0 Å². The number of benzene rings is 10. The predicted octanol–water partition coefficient (Wildman–Crippen LogP) is 15.3. The highest BCUT2D eigenvalue weighted by Crippen LogP contribution is 2.33. The largest absolute Gasteiger partial charge is 0.497 e. The molecule has 10 aromatic rings. The Morgan fingerprint density at radius 1 is 0.283 bits per heavy atom. The Bertz CT molecular complexity index is 4010. The monoisotopic (exact) mass is 1320 g/mol. The molecule has 0 aliphatic rings. The van der Waals surface area contributed by atoms with Crippen molar-refractivity contribution in [1.82, 2.24) is 0 Å². The van der Waals surface area contributed by atoms with Crippen LogP contribution >= 0.6 is 0 Å². The maximum Gasteiger partial charge on any atom is 0.337 e. The molecule has 10 aromatic carbocycles. The van der Waals surface area contributed by atoms with E-state index in [1.807, 2.05) is 146 Å². The summed E-state index contributed by atoms with van der Waals surface area (Å²) in [6, 6.07) is 73.5. The molecule has 0 saturated heterocycles. The summed E-state index contributed by atoms with van der Waals surface area (Å²) >= 11 is 0. The molecule has 3 unspecified atom stereocenters. The molecule has 0 aliphatic carbocycles. The molecule has 0 aliphatic heterocycles. The van der Waals surface area contributed by atoms with Gasteiger partial charge in [0.05, 0.1) is 59.3 Å². The lowest BCUT2D eigenvalue weighted by Crippen LogP contribution is -2.08. The maximum absolute atomic E-state index is 12.0. The van der Waals surface area contributed by atoms with Crippen molar-refractivity contribution in [2.24, 2.45) is 0 Å². The van der Waals surface area contributed by atoms with Gasteiger partial charge in [0.1, 0.15) is 92.5 Å². The van der Waals surface area contributed by atoms with Crippen molar-refractivity contribution in [3.8, 4) is 70.0 Å². The second-order valence-electron chi connectivity index (χ2n) is 22.2. The average Bonchev–Trinajstić information content (AvgIpc) is 0.869. The first kappa shape index (κ1) is 69.8. The Labute approximate surface area is 577 Å². The van der Waals surface area contributed by atoms with Crippen LogP contribution in [0.1, 0.15) is 116 Å². The lowest BCUT2D eigenvalue weighted by molar-refractivity contribution is 0.0592. The minimum Gasteiger partial charge on any atom is -0.497 e. The molecule has 99 heavy (non-hydrogen) atoms. The molecule has 0 radical (unpaired) electrons. The zero-order chi connectivity index (χ0) is 69.1. The number of hydrogen-bond acceptors (Lipinski definition) is 15. The van der Waals surface area contributed by atoms with E-state index in [4.69, 9.17) is 56.8 Å². The Morgan fingerprint density at radius 3 is 0.697 bits per heavy atom. The summed E-state index contributed by atoms with van der Waals surface area (Å²) < 4.78 is 69.8. The zero-order valence-electron chi connectivity index (χ0n) is 55.6. The lowest BCUT2D eigenvalue weighted by atomic mass is 10.0. The van der Waals surface area contributed by atoms with Crippen LogP contribution in [0.3, 0.4) is 0 Å². The normalized spacial score (nSPS) is 11.5. The Kier molecular flexibility index (Phi) is 25.1. The van der Waals surface area contributed by atoms with Gasteiger partial charge in [-0.3, -0.25) is 0 Å². The van der Waals surface area contributed by atoms with Gasteiger partial charge >= 0.3 is 17.9 Å². The molecule has 15 nitrogen and oxygen atoms in total. The van der Waals surface area contributed by atoms with Crippen molar-refractivity contribution < 1.29 is 71.2 Å². The number of carbonyl (C=O) groups excluding carboxylic acids is 3. The van der Waals surface area contributed by atoms with Crippen molar-refractivity contribution in [2.45, 2.75) is 38.1 Å². The minimum atomic E-state index is -0.464. The Morgan fingerprint density at radius 2 is 0.495 bits per heavy atom. The number of rotatable bonds is 27. The van der Waals surface area contributed by atoms with E-state index in [1.54, 1.807) is 94.1 Å². The molecule has 0 heterocycles. The van der Waals surface area contributed by atoms with Crippen LogP contribution in [0.5, 0.6) is 34.5 Å². The first-order chi connectivity index (χ1) is 48.5. The molecule has 10 rings (SSSR count). The number of ether oxygens (including phenoxy) is 12. The molecule has 0 N–H and O–H groups in total. The highest BCUT2D eigenvalue weighted by molar-refractivity contribution is 5.90. The summed E-state index contributed by atoms with van der Waals surface area (Å²) in [5.74, 6) is 21.6. The van der Waals surface area contributed by atoms with Gasteiger partial charge in [-0.15, -0.1) is 0 Å². The van der Waals surface area contributed by atoms with E-state index in [9.17, 15) is 14.4 Å². The van der Waals surface area contributed by atoms with Gasteiger partial charge in [-0.05, 0) is 214 Å². The topological polar surface area (TPSA) is 162 Å². The fourth-order valence-corrected chi connectivity index (χ4v) is 10.5. The van der Waals surface area contributed by atoms with E-state index in [0.717, 1.165) is 84.0 Å². The standard InChI is InChI=1S/C84H72O15/c1-88-73-37-25-64(26-38-73)79(94-49-7-10-58-13-19-70(20-14-58)82(85)91-4)67-31-43-76(44-32-67)97-55-61-52-62(56-98-77-45-33-68(34-46-77)80(65-27-39-74(89-2)40-28-65)95-50-8-11-59-15-21-71(22-16-59)83(86)92-5)54-63(53-61)57-99-78-47-35-69(36-48-78)81(66-29-41-75(90-3)42-30-66)96-51-9-12-60-17-23-72(24-18-60)84(87)93-6/h13-48,52-54,79-81H,49-51,55-57H2,1-6H3. The van der Waals surface area contributed by atoms with E-state index in [-0.39, 0.29) is 39.6 Å². The van der Waals surface area contributed by atoms with Crippen LogP contribution in [0.15, 0.2) is 237 Å². The second-order valence-corrected chi connectivity index (χ2v) is 22.2. The van der Waals surface area contributed by atoms with E-state index in [2.05, 4.69) is 53.7 Å². The quantitative estimate of drug-likeness (QED) is 0.0271. The minimum absolute atomic E-state index is 0.129. The van der Waals surface area contributed by atoms with Gasteiger partial charge in [-0.1, -0.05) is 108 Å². The zero-order valence-corrected chi connectivity index (χ0v) is 55.6. The highest BCUT2D eigenvalue weighted by Gasteiger charge is 2.20. The molecule has 0 aromatic heterocycles. The van der Waals surface area contributed by atoms with Gasteiger partial charge in [0.15, 0.2) is 0 Å². The van der Waals surface area contributed by atoms with Gasteiger partial charge < -0.3 is 56.8 Å². The number of hydrogen-bond donors (Lipinski definition) is 0. The number of carbonyl (C=O) groups is 3. The lowest BCUT2D eigenvalue weighted by Gasteiger charge is -2.19. The van der Waals surface area contributed by atoms with E-state index in [1.165, 1.54) is 21.3 Å². The third kappa shape index (κ3) is 20.0. The third-order valence-electron chi connectivity index (χ3n) is 15.7. The summed E-state index contributed by atoms with van der Waals surface area (Å²) in [6.07, 6.45) is -1.39. The van der Waals surface area contributed by atoms with Gasteiger partial charge in [0.25, 0.3) is 0 Å². The van der Waals surface area contributed by atoms with Crippen molar-refractivity contribution >= 4 is 17.9 Å². The summed E-state index contributed by atoms with van der Waals surface area (Å²) in [7, 11) is 8.93. The number of methoxy groups -OCH3 is 6. The molecule has 0 bridgehead atoms. The van der Waals surface area contributed by atoms with Gasteiger partial charge in [-0.2, -0.15) is 0 Å². The van der Waals surface area contributed by atoms with Crippen LogP contribution < -0.4 is 28.4 Å². The van der Waals surface area contributed by atoms with Crippen LogP contribution in [0, 0.1) is 35.5 Å². The van der Waals surface area contributed by atoms with Crippen LogP contribution in [-0.4, -0.2) is 80.4 Å². The predicted molar refractivity (Wildman–Crippen MR) is 375 cm³/mol. The van der Waals surface area contributed by atoms with Crippen molar-refractivity contribution in [1.29, 1.82) is 0 Å². The summed E-state index contributed by atoms with van der Waals surface area (Å²) in [5, 5.41) is 0. The van der Waals surface area contributed by atoms with E-state index < -0.39 is 36.2 Å². The molecule has 15 heteroatoms. The number of esters is 3. The average molecular weight is 1320 g/mol. The van der Waals surface area contributed by atoms with E-state index in [0.29, 0.717) is 33.9 Å². The van der Waals surface area contributed by atoms with Gasteiger partial charge in [0.2, 0.25) is 0 Å². The fourth-order valence-electron chi connectivity index (χ4n) is 10.5. The molecular formula is C84H72O15. The van der Waals surface area contributed by atoms with Gasteiger partial charge in [0, 0.05) is 16.7 Å². The fraction of sp³-hybridized carbons (Fsp3) is 0.179. The Hall–Kier alpha value is -12.0. The molecule has 498 valence electrons. The second kappa shape index (κ2) is 35.6. The molecule has 3 atom stereocenters. The first-order valence-electron chi connectivity index (χ1n) is 31.6. The molecule has 0 amide bonds. The molecule has 0 spiro atoms. The third-order valence-corrected chi connectivity index (χ3v) is 15.7. The Balaban J connectivity index is 0.856. The SMILES string of the molecule is COC(=O)c1ccc(C#CCOC(c2ccc(OC)cc2)c2ccc(OCc3cc(COc4ccc(C(OCC#Cc5ccc(C(=O)OC)cc5)c5ccc(OC)cc5)cc4)cc(COc4ccc(C(OCC#Cc5ccc(C(=O)OC)cc5)c5ccc(OC)cc5)cc4)c3)cc2)cc1. The van der Waals surface area contributed by atoms with Gasteiger partial charge in [-0.25, -0.2) is 14.4 Å². The van der Waals surface area contributed by atoms with Crippen molar-refractivity contribution in [3.63, 3.8) is 0 Å². The van der Waals surface area contributed by atoms with E-state index >= 15 is 0 Å². The first-order valence-corrected chi connectivity index (χ1v) is 31.6. The maximum atomic E-state index is 12.0. The summed E-state index contributed by atoms with van der Waals surface area (Å²) in [6.45, 7) is 1.08. The van der Waals surface area contributed by atoms with Crippen molar-refractivity contribution in [3.05, 3.63) is 320 Å². The molecular weight excluding hydrogens is 1250 g/mol. The van der Waals surface area contributed by atoms with Crippen LogP contribution in [0.4, 0.5) is 0 Å². The smallest absolute Gasteiger partial charge is 0.337 e.